The quantitative estimate of drug-likeness (QED) is 0.305. The number of anilines is 1. The van der Waals surface area contributed by atoms with E-state index in [4.69, 9.17) is 9.97 Å². The van der Waals surface area contributed by atoms with Crippen LogP contribution < -0.4 is 4.90 Å². The van der Waals surface area contributed by atoms with Gasteiger partial charge in [0.25, 0.3) is 0 Å². The summed E-state index contributed by atoms with van der Waals surface area (Å²) in [5.74, 6) is 1.78. The zero-order valence-corrected chi connectivity index (χ0v) is 20.1. The van der Waals surface area contributed by atoms with Crippen molar-refractivity contribution >= 4 is 22.4 Å². The number of fused-ring (bicyclic) bond motifs is 3. The van der Waals surface area contributed by atoms with Crippen LogP contribution >= 0.6 is 0 Å². The summed E-state index contributed by atoms with van der Waals surface area (Å²) in [6, 6.07) is 21.5. The minimum Gasteiger partial charge on any atom is -0.351 e. The topological polar surface area (TPSA) is 33.4 Å². The second-order valence-corrected chi connectivity index (χ2v) is 8.90. The van der Waals surface area contributed by atoms with Crippen LogP contribution in [0.1, 0.15) is 35.0 Å². The Morgan fingerprint density at radius 1 is 0.818 bits per heavy atom. The fourth-order valence-electron chi connectivity index (χ4n) is 5.09. The molecule has 0 fully saturated rings. The number of rotatable bonds is 5. The lowest BCUT2D eigenvalue weighted by Gasteiger charge is -2.23. The molecule has 0 aliphatic heterocycles. The van der Waals surface area contributed by atoms with Crippen LogP contribution in [-0.2, 0) is 6.54 Å². The lowest BCUT2D eigenvalue weighted by Crippen LogP contribution is -2.24. The Morgan fingerprint density at radius 2 is 1.52 bits per heavy atom. The monoisotopic (exact) mass is 434 g/mol. The molecule has 3 heterocycles. The Balaban J connectivity index is 1.84. The Labute approximate surface area is 195 Å². The lowest BCUT2D eigenvalue weighted by atomic mass is 9.93. The molecule has 2 aromatic carbocycles. The van der Waals surface area contributed by atoms with Crippen molar-refractivity contribution < 1.29 is 0 Å². The molecule has 0 N–H and O–H groups in total. The third kappa shape index (κ3) is 3.66. The molecule has 0 bridgehead atoms. The average molecular weight is 435 g/mol. The number of nitrogens with zero attached hydrogens (tertiary/aromatic N) is 4. The van der Waals surface area contributed by atoms with E-state index < -0.39 is 0 Å². The van der Waals surface area contributed by atoms with Crippen molar-refractivity contribution in [2.24, 2.45) is 0 Å². The summed E-state index contributed by atoms with van der Waals surface area (Å²) in [4.78, 5) is 12.3. The zero-order chi connectivity index (χ0) is 23.1. The Kier molecular flexibility index (Phi) is 5.37. The van der Waals surface area contributed by atoms with E-state index in [1.807, 2.05) is 6.92 Å². The molecular weight excluding hydrogens is 404 g/mol. The molecule has 5 aromatic rings. The molecule has 5 rings (SSSR count). The predicted molar refractivity (Wildman–Crippen MR) is 138 cm³/mol. The molecule has 166 valence electrons. The van der Waals surface area contributed by atoms with Crippen LogP contribution in [0.25, 0.3) is 27.7 Å². The zero-order valence-electron chi connectivity index (χ0n) is 20.1. The number of hydrogen-bond acceptors (Lipinski definition) is 3. The number of aryl methyl sites for hydroxylation is 4. The van der Waals surface area contributed by atoms with Crippen molar-refractivity contribution in [3.8, 4) is 11.1 Å². The fourth-order valence-corrected chi connectivity index (χ4v) is 5.09. The first-order chi connectivity index (χ1) is 16.0. The van der Waals surface area contributed by atoms with Gasteiger partial charge in [-0.3, -0.25) is 0 Å². The second-order valence-electron chi connectivity index (χ2n) is 8.90. The van der Waals surface area contributed by atoms with Crippen molar-refractivity contribution in [1.29, 1.82) is 0 Å². The van der Waals surface area contributed by atoms with Gasteiger partial charge in [0.15, 0.2) is 5.82 Å². The van der Waals surface area contributed by atoms with E-state index in [0.717, 1.165) is 35.8 Å². The van der Waals surface area contributed by atoms with Gasteiger partial charge in [-0.1, -0.05) is 54.1 Å². The number of aromatic nitrogens is 3. The van der Waals surface area contributed by atoms with Gasteiger partial charge in [0.2, 0.25) is 0 Å². The standard InChI is InChI=1S/C29H30N4/c1-6-32(18-23-12-8-7-9-13-23)29-28-27(30-22(5)31-29)26(24-14-10-11-15-33(24)28)25-20(3)16-19(2)17-21(25)4/h7-17H,6,18H2,1-5H3. The summed E-state index contributed by atoms with van der Waals surface area (Å²) < 4.78 is 2.27. The molecule has 0 atom stereocenters. The number of pyridine rings is 1. The maximum Gasteiger partial charge on any atom is 0.157 e. The van der Waals surface area contributed by atoms with Gasteiger partial charge in [-0.25, -0.2) is 9.97 Å². The van der Waals surface area contributed by atoms with E-state index >= 15 is 0 Å². The van der Waals surface area contributed by atoms with Crippen LogP contribution in [0.5, 0.6) is 0 Å². The van der Waals surface area contributed by atoms with Crippen LogP contribution in [0.15, 0.2) is 66.9 Å². The molecule has 0 aliphatic rings. The Hall–Kier alpha value is -3.66. The van der Waals surface area contributed by atoms with Gasteiger partial charge in [-0.05, 0) is 69.0 Å². The third-order valence-electron chi connectivity index (χ3n) is 6.40. The summed E-state index contributed by atoms with van der Waals surface area (Å²) in [6.07, 6.45) is 2.14. The van der Waals surface area contributed by atoms with Crippen LogP contribution in [0.2, 0.25) is 0 Å². The van der Waals surface area contributed by atoms with Gasteiger partial charge in [-0.15, -0.1) is 0 Å². The fraction of sp³-hybridized carbons (Fsp3) is 0.241. The van der Waals surface area contributed by atoms with Crippen molar-refractivity contribution in [3.63, 3.8) is 0 Å². The summed E-state index contributed by atoms with van der Waals surface area (Å²) in [5.41, 5.74) is 10.8. The predicted octanol–water partition coefficient (Wildman–Crippen LogP) is 6.81. The van der Waals surface area contributed by atoms with E-state index in [9.17, 15) is 0 Å². The van der Waals surface area contributed by atoms with Crippen LogP contribution in [-0.4, -0.2) is 20.9 Å². The van der Waals surface area contributed by atoms with Crippen molar-refractivity contribution in [2.45, 2.75) is 41.2 Å². The maximum atomic E-state index is 5.02. The Morgan fingerprint density at radius 3 is 2.21 bits per heavy atom. The smallest absolute Gasteiger partial charge is 0.157 e. The highest BCUT2D eigenvalue weighted by Crippen LogP contribution is 2.41. The van der Waals surface area contributed by atoms with Gasteiger partial charge in [0, 0.05) is 24.8 Å². The van der Waals surface area contributed by atoms with Crippen molar-refractivity contribution in [3.05, 3.63) is 94.9 Å². The first kappa shape index (κ1) is 21.2. The summed E-state index contributed by atoms with van der Waals surface area (Å²) in [7, 11) is 0. The average Bonchev–Trinajstić information content (AvgIpc) is 3.11. The van der Waals surface area contributed by atoms with Gasteiger partial charge in [-0.2, -0.15) is 0 Å². The normalized spacial score (nSPS) is 11.4. The highest BCUT2D eigenvalue weighted by atomic mass is 15.2. The lowest BCUT2D eigenvalue weighted by molar-refractivity contribution is 0.809. The van der Waals surface area contributed by atoms with Crippen molar-refractivity contribution in [1.82, 2.24) is 14.4 Å². The van der Waals surface area contributed by atoms with E-state index in [1.54, 1.807) is 0 Å². The first-order valence-electron chi connectivity index (χ1n) is 11.6. The van der Waals surface area contributed by atoms with Gasteiger partial charge < -0.3 is 9.30 Å². The molecule has 0 aliphatic carbocycles. The van der Waals surface area contributed by atoms with Gasteiger partial charge in [0.1, 0.15) is 16.9 Å². The molecule has 0 saturated heterocycles. The summed E-state index contributed by atoms with van der Waals surface area (Å²) in [5, 5.41) is 0. The van der Waals surface area contributed by atoms with E-state index in [0.29, 0.717) is 0 Å². The van der Waals surface area contributed by atoms with Crippen LogP contribution in [0, 0.1) is 27.7 Å². The minimum atomic E-state index is 0.795. The number of benzene rings is 2. The molecule has 0 radical (unpaired) electrons. The molecule has 0 spiro atoms. The largest absolute Gasteiger partial charge is 0.351 e. The molecule has 3 aromatic heterocycles. The first-order valence-corrected chi connectivity index (χ1v) is 11.6. The molecule has 4 nitrogen and oxygen atoms in total. The molecule has 0 unspecified atom stereocenters. The maximum absolute atomic E-state index is 5.02. The third-order valence-corrected chi connectivity index (χ3v) is 6.40. The summed E-state index contributed by atoms with van der Waals surface area (Å²) >= 11 is 0. The molecular formula is C29H30N4. The summed E-state index contributed by atoms with van der Waals surface area (Å²) in [6.45, 7) is 12.4. The van der Waals surface area contributed by atoms with Gasteiger partial charge in [0.05, 0.1) is 5.52 Å². The van der Waals surface area contributed by atoms with E-state index in [1.165, 1.54) is 38.9 Å². The molecule has 0 amide bonds. The van der Waals surface area contributed by atoms with Crippen LogP contribution in [0.4, 0.5) is 5.82 Å². The number of hydrogen-bond donors (Lipinski definition) is 0. The molecule has 0 saturated carbocycles. The molecule has 33 heavy (non-hydrogen) atoms. The van der Waals surface area contributed by atoms with E-state index in [-0.39, 0.29) is 0 Å². The Bertz CT molecular complexity index is 1440. The second kappa shape index (κ2) is 8.36. The highest BCUT2D eigenvalue weighted by molar-refractivity contribution is 6.08. The van der Waals surface area contributed by atoms with E-state index in [2.05, 4.69) is 104 Å². The van der Waals surface area contributed by atoms with Crippen LogP contribution in [0.3, 0.4) is 0 Å². The highest BCUT2D eigenvalue weighted by Gasteiger charge is 2.23. The minimum absolute atomic E-state index is 0.795. The van der Waals surface area contributed by atoms with Gasteiger partial charge >= 0.3 is 0 Å². The SMILES string of the molecule is CCN(Cc1ccccc1)c1nc(C)nc2c(-c3c(C)cc(C)cc3C)c3ccccn3c12. The molecule has 4 heteroatoms. The van der Waals surface area contributed by atoms with Crippen molar-refractivity contribution in [2.75, 3.05) is 11.4 Å².